The molecule has 0 unspecified atom stereocenters. The second kappa shape index (κ2) is 7.45. The van der Waals surface area contributed by atoms with E-state index in [2.05, 4.69) is 25.5 Å². The summed E-state index contributed by atoms with van der Waals surface area (Å²) in [5.41, 5.74) is 3.66. The van der Waals surface area contributed by atoms with Gasteiger partial charge in [0.2, 0.25) is 0 Å². The highest BCUT2D eigenvalue weighted by atomic mass is 35.5. The van der Waals surface area contributed by atoms with Crippen LogP contribution >= 0.6 is 12.4 Å². The lowest BCUT2D eigenvalue weighted by molar-refractivity contribution is 0.262. The van der Waals surface area contributed by atoms with Crippen molar-refractivity contribution in [1.82, 2.24) is 9.97 Å². The van der Waals surface area contributed by atoms with Crippen molar-refractivity contribution in [1.29, 1.82) is 0 Å². The Morgan fingerprint density at radius 3 is 2.92 bits per heavy atom. The molecule has 8 heteroatoms. The predicted molar refractivity (Wildman–Crippen MR) is 105 cm³/mol. The smallest absolute Gasteiger partial charge is 0.323 e. The van der Waals surface area contributed by atoms with Gasteiger partial charge in [0.05, 0.1) is 23.4 Å². The fraction of sp³-hybridized carbons (Fsp3) is 0.167. The van der Waals surface area contributed by atoms with Gasteiger partial charge in [-0.1, -0.05) is 0 Å². The first-order chi connectivity index (χ1) is 12.2. The third-order valence-corrected chi connectivity index (χ3v) is 4.06. The number of hydrogen-bond acceptors (Lipinski definition) is 5. The van der Waals surface area contributed by atoms with Crippen LogP contribution in [0.5, 0.6) is 5.75 Å². The molecule has 0 bridgehead atoms. The molecule has 26 heavy (non-hydrogen) atoms. The number of amides is 2. The summed E-state index contributed by atoms with van der Waals surface area (Å²) in [6.45, 7) is 1.48. The van der Waals surface area contributed by atoms with Crippen LogP contribution < -0.4 is 20.3 Å². The number of pyridine rings is 2. The van der Waals surface area contributed by atoms with E-state index in [0.717, 1.165) is 23.5 Å². The van der Waals surface area contributed by atoms with Crippen LogP contribution in [0, 0.1) is 0 Å². The van der Waals surface area contributed by atoms with Gasteiger partial charge in [-0.05, 0) is 30.3 Å². The van der Waals surface area contributed by atoms with Gasteiger partial charge in [-0.2, -0.15) is 0 Å². The molecule has 0 spiro atoms. The fourth-order valence-corrected chi connectivity index (χ4v) is 2.80. The molecule has 1 aromatic carbocycles. The van der Waals surface area contributed by atoms with E-state index in [1.807, 2.05) is 37.4 Å². The summed E-state index contributed by atoms with van der Waals surface area (Å²) in [5.74, 6) is 0.766. The zero-order chi connectivity index (χ0) is 17.2. The molecule has 7 nitrogen and oxygen atoms in total. The first-order valence-corrected chi connectivity index (χ1v) is 7.96. The van der Waals surface area contributed by atoms with E-state index < -0.39 is 0 Å². The topological polar surface area (TPSA) is 79.4 Å². The number of ether oxygens (including phenoxy) is 1. The van der Waals surface area contributed by atoms with Crippen molar-refractivity contribution in [3.05, 3.63) is 48.8 Å². The number of aromatic nitrogens is 2. The number of fused-ring (bicyclic) bond motifs is 2. The van der Waals surface area contributed by atoms with Crippen molar-refractivity contribution in [2.24, 2.45) is 0 Å². The van der Waals surface area contributed by atoms with E-state index in [1.54, 1.807) is 18.5 Å². The molecule has 0 aliphatic carbocycles. The van der Waals surface area contributed by atoms with E-state index in [4.69, 9.17) is 4.74 Å². The number of rotatable bonds is 2. The first kappa shape index (κ1) is 17.8. The van der Waals surface area contributed by atoms with Crippen molar-refractivity contribution in [3.63, 3.8) is 0 Å². The monoisotopic (exact) mass is 371 g/mol. The zero-order valence-electron chi connectivity index (χ0n) is 14.1. The quantitative estimate of drug-likeness (QED) is 0.720. The summed E-state index contributed by atoms with van der Waals surface area (Å²) >= 11 is 0. The number of nitrogens with one attached hydrogen (secondary N) is 2. The Hall–Kier alpha value is -3.06. The van der Waals surface area contributed by atoms with E-state index in [1.165, 1.54) is 0 Å². The molecule has 0 saturated heterocycles. The minimum Gasteiger partial charge on any atom is -0.489 e. The molecule has 4 rings (SSSR count). The van der Waals surface area contributed by atoms with Gasteiger partial charge in [0, 0.05) is 31.2 Å². The molecule has 2 N–H and O–H groups in total. The summed E-state index contributed by atoms with van der Waals surface area (Å²) in [5, 5.41) is 5.64. The normalized spacial score (nSPS) is 12.6. The van der Waals surface area contributed by atoms with E-state index >= 15 is 0 Å². The Bertz CT molecular complexity index is 945. The molecule has 134 valence electrons. The minimum absolute atomic E-state index is 0. The van der Waals surface area contributed by atoms with Crippen LogP contribution in [0.1, 0.15) is 0 Å². The molecule has 0 saturated carbocycles. The lowest BCUT2D eigenvalue weighted by Crippen LogP contribution is -2.28. The summed E-state index contributed by atoms with van der Waals surface area (Å²) in [6.07, 6.45) is 3.31. The highest BCUT2D eigenvalue weighted by molar-refractivity contribution is 6.04. The van der Waals surface area contributed by atoms with Crippen molar-refractivity contribution in [2.75, 3.05) is 35.7 Å². The summed E-state index contributed by atoms with van der Waals surface area (Å²) in [6, 6.07) is 10.7. The van der Waals surface area contributed by atoms with Crippen molar-refractivity contribution >= 4 is 46.5 Å². The second-order valence-corrected chi connectivity index (χ2v) is 5.76. The Balaban J connectivity index is 0.00000196. The van der Waals surface area contributed by atoms with Crippen LogP contribution in [0.25, 0.3) is 11.0 Å². The predicted octanol–water partition coefficient (Wildman–Crippen LogP) is 3.52. The zero-order valence-corrected chi connectivity index (χ0v) is 14.9. The average Bonchev–Trinajstić information content (AvgIpc) is 2.62. The Morgan fingerprint density at radius 2 is 2.04 bits per heavy atom. The molecule has 2 aromatic heterocycles. The minimum atomic E-state index is -0.345. The Morgan fingerprint density at radius 1 is 1.15 bits per heavy atom. The Labute approximate surface area is 156 Å². The van der Waals surface area contributed by atoms with Crippen molar-refractivity contribution < 1.29 is 9.53 Å². The number of anilines is 3. The van der Waals surface area contributed by atoms with Crippen LogP contribution in [0.2, 0.25) is 0 Å². The fourth-order valence-electron chi connectivity index (χ4n) is 2.80. The number of nitrogens with zero attached hydrogens (tertiary/aromatic N) is 3. The molecule has 1 aliphatic heterocycles. The van der Waals surface area contributed by atoms with Gasteiger partial charge in [0.1, 0.15) is 17.9 Å². The van der Waals surface area contributed by atoms with Crippen LogP contribution in [0.3, 0.4) is 0 Å². The molecule has 2 amide bonds. The molecule has 3 aromatic rings. The summed E-state index contributed by atoms with van der Waals surface area (Å²) < 4.78 is 5.66. The molecule has 0 atom stereocenters. The van der Waals surface area contributed by atoms with Gasteiger partial charge in [-0.15, -0.1) is 12.4 Å². The maximum absolute atomic E-state index is 12.3. The number of benzene rings is 1. The average molecular weight is 372 g/mol. The molecular formula is C18H18ClN5O2. The summed E-state index contributed by atoms with van der Waals surface area (Å²) in [4.78, 5) is 23.0. The third-order valence-electron chi connectivity index (χ3n) is 4.06. The van der Waals surface area contributed by atoms with E-state index in [-0.39, 0.29) is 18.4 Å². The van der Waals surface area contributed by atoms with Crippen LogP contribution in [-0.2, 0) is 0 Å². The largest absolute Gasteiger partial charge is 0.489 e. The third kappa shape index (κ3) is 3.48. The lowest BCUT2D eigenvalue weighted by atomic mass is 10.2. The van der Waals surface area contributed by atoms with Gasteiger partial charge in [0.15, 0.2) is 0 Å². The molecular weight excluding hydrogens is 354 g/mol. The number of halogens is 1. The first-order valence-electron chi connectivity index (χ1n) is 7.96. The molecule has 0 fully saturated rings. The van der Waals surface area contributed by atoms with Crippen molar-refractivity contribution in [2.45, 2.75) is 0 Å². The van der Waals surface area contributed by atoms with Gasteiger partial charge in [-0.25, -0.2) is 4.79 Å². The van der Waals surface area contributed by atoms with Crippen molar-refractivity contribution in [3.8, 4) is 5.75 Å². The Kier molecular flexibility index (Phi) is 5.09. The number of carbonyl (C=O) groups excluding carboxylic acids is 1. The van der Waals surface area contributed by atoms with Crippen LogP contribution in [-0.4, -0.2) is 36.2 Å². The summed E-state index contributed by atoms with van der Waals surface area (Å²) in [7, 11) is 2.02. The van der Waals surface area contributed by atoms with Gasteiger partial charge in [-0.3, -0.25) is 9.97 Å². The number of likely N-dealkylation sites (N-methyl/N-ethyl adjacent to an activating group) is 1. The SMILES string of the molecule is CN1CCOc2cc(NC(=O)Nc3ccnc4cccnc34)ccc21.Cl. The second-order valence-electron chi connectivity index (χ2n) is 5.76. The molecule has 1 aliphatic rings. The maximum atomic E-state index is 12.3. The van der Waals surface area contributed by atoms with E-state index in [9.17, 15) is 4.79 Å². The van der Waals surface area contributed by atoms with Gasteiger partial charge < -0.3 is 20.3 Å². The van der Waals surface area contributed by atoms with Gasteiger partial charge in [0.25, 0.3) is 0 Å². The highest BCUT2D eigenvalue weighted by Gasteiger charge is 2.16. The number of urea groups is 1. The maximum Gasteiger partial charge on any atom is 0.323 e. The lowest BCUT2D eigenvalue weighted by Gasteiger charge is -2.27. The van der Waals surface area contributed by atoms with E-state index in [0.29, 0.717) is 23.5 Å². The molecule has 0 radical (unpaired) electrons. The highest BCUT2D eigenvalue weighted by Crippen LogP contribution is 2.33. The van der Waals surface area contributed by atoms with Crippen LogP contribution in [0.15, 0.2) is 48.8 Å². The molecule has 3 heterocycles. The van der Waals surface area contributed by atoms with Crippen LogP contribution in [0.4, 0.5) is 21.9 Å². The number of hydrogen-bond donors (Lipinski definition) is 2. The van der Waals surface area contributed by atoms with Gasteiger partial charge >= 0.3 is 6.03 Å². The number of carbonyl (C=O) groups is 1. The standard InChI is InChI=1S/C18H17N5O2.ClH/c1-23-9-10-25-16-11-12(4-5-15(16)23)21-18(24)22-14-6-8-19-13-3-2-7-20-17(13)14;/h2-8,11H,9-10H2,1H3,(H2,19,21,22,24);1H.